The van der Waals surface area contributed by atoms with Crippen LogP contribution in [0.4, 0.5) is 5.69 Å². The smallest absolute Gasteiger partial charge is 0.227 e. The summed E-state index contributed by atoms with van der Waals surface area (Å²) in [5.74, 6) is 0.235. The standard InChI is InChI=1S/C23H30N2O/c1-18-6-5-7-19(16-18)17-22(26)25-14-12-24(13-15-25)21-10-8-20(9-11-21)23(2,3)4/h5-11,16H,12-15,17H2,1-4H3. The molecule has 2 aromatic rings. The Bertz CT molecular complexity index is 751. The molecule has 0 N–H and O–H groups in total. The number of hydrogen-bond acceptors (Lipinski definition) is 2. The first-order valence-corrected chi connectivity index (χ1v) is 9.52. The molecule has 3 nitrogen and oxygen atoms in total. The molecule has 3 rings (SSSR count). The van der Waals surface area contributed by atoms with Crippen LogP contribution in [-0.2, 0) is 16.6 Å². The van der Waals surface area contributed by atoms with Gasteiger partial charge < -0.3 is 9.80 Å². The maximum atomic E-state index is 12.6. The van der Waals surface area contributed by atoms with Gasteiger partial charge in [0.2, 0.25) is 5.91 Å². The van der Waals surface area contributed by atoms with Crippen molar-refractivity contribution in [1.82, 2.24) is 4.90 Å². The monoisotopic (exact) mass is 350 g/mol. The SMILES string of the molecule is Cc1cccc(CC(=O)N2CCN(c3ccc(C(C)(C)C)cc3)CC2)c1. The summed E-state index contributed by atoms with van der Waals surface area (Å²) in [5, 5.41) is 0. The molecule has 1 aliphatic heterocycles. The highest BCUT2D eigenvalue weighted by Gasteiger charge is 2.22. The molecule has 26 heavy (non-hydrogen) atoms. The van der Waals surface area contributed by atoms with E-state index in [-0.39, 0.29) is 11.3 Å². The molecule has 0 saturated carbocycles. The van der Waals surface area contributed by atoms with E-state index in [1.807, 2.05) is 17.0 Å². The number of anilines is 1. The Morgan fingerprint density at radius 3 is 2.19 bits per heavy atom. The molecule has 138 valence electrons. The topological polar surface area (TPSA) is 23.6 Å². The minimum absolute atomic E-state index is 0.180. The first kappa shape index (κ1) is 18.5. The summed E-state index contributed by atoms with van der Waals surface area (Å²) in [6.45, 7) is 12.2. The zero-order valence-electron chi connectivity index (χ0n) is 16.5. The van der Waals surface area contributed by atoms with Gasteiger partial charge in [-0.05, 0) is 35.6 Å². The molecule has 0 atom stereocenters. The van der Waals surface area contributed by atoms with Crippen LogP contribution in [-0.4, -0.2) is 37.0 Å². The predicted octanol–water partition coefficient (Wildman–Crippen LogP) is 4.18. The fraction of sp³-hybridized carbons (Fsp3) is 0.435. The number of amides is 1. The Kier molecular flexibility index (Phi) is 5.36. The van der Waals surface area contributed by atoms with Gasteiger partial charge in [-0.3, -0.25) is 4.79 Å². The third kappa shape index (κ3) is 4.46. The molecular formula is C23H30N2O. The van der Waals surface area contributed by atoms with Gasteiger partial charge >= 0.3 is 0 Å². The number of benzene rings is 2. The van der Waals surface area contributed by atoms with Crippen molar-refractivity contribution < 1.29 is 4.79 Å². The van der Waals surface area contributed by atoms with E-state index >= 15 is 0 Å². The number of hydrogen-bond donors (Lipinski definition) is 0. The molecule has 1 aliphatic rings. The van der Waals surface area contributed by atoms with Crippen LogP contribution >= 0.6 is 0 Å². The first-order chi connectivity index (χ1) is 12.3. The molecule has 0 radical (unpaired) electrons. The summed E-state index contributed by atoms with van der Waals surface area (Å²) in [5.41, 5.74) is 5.10. The van der Waals surface area contributed by atoms with Crippen molar-refractivity contribution in [1.29, 1.82) is 0 Å². The van der Waals surface area contributed by atoms with Gasteiger partial charge in [0.25, 0.3) is 0 Å². The van der Waals surface area contributed by atoms with Gasteiger partial charge in [0.1, 0.15) is 0 Å². The number of carbonyl (C=O) groups is 1. The highest BCUT2D eigenvalue weighted by molar-refractivity contribution is 5.79. The van der Waals surface area contributed by atoms with E-state index < -0.39 is 0 Å². The Hall–Kier alpha value is -2.29. The average molecular weight is 351 g/mol. The van der Waals surface area contributed by atoms with Crippen molar-refractivity contribution in [3.8, 4) is 0 Å². The first-order valence-electron chi connectivity index (χ1n) is 9.52. The van der Waals surface area contributed by atoms with Crippen LogP contribution in [0.5, 0.6) is 0 Å². The Morgan fingerprint density at radius 2 is 1.62 bits per heavy atom. The van der Waals surface area contributed by atoms with Crippen molar-refractivity contribution in [2.75, 3.05) is 31.1 Å². The second-order valence-electron chi connectivity index (χ2n) is 8.33. The van der Waals surface area contributed by atoms with Crippen molar-refractivity contribution >= 4 is 11.6 Å². The second kappa shape index (κ2) is 7.53. The second-order valence-corrected chi connectivity index (χ2v) is 8.33. The van der Waals surface area contributed by atoms with Crippen LogP contribution < -0.4 is 4.90 Å². The molecule has 3 heteroatoms. The molecule has 1 saturated heterocycles. The van der Waals surface area contributed by atoms with Crippen molar-refractivity contribution in [2.24, 2.45) is 0 Å². The van der Waals surface area contributed by atoms with Crippen molar-refractivity contribution in [3.63, 3.8) is 0 Å². The number of rotatable bonds is 3. The van der Waals surface area contributed by atoms with Gasteiger partial charge in [-0.2, -0.15) is 0 Å². The summed E-state index contributed by atoms with van der Waals surface area (Å²) in [6.07, 6.45) is 0.502. The van der Waals surface area contributed by atoms with Gasteiger partial charge in [0.15, 0.2) is 0 Å². The van der Waals surface area contributed by atoms with Gasteiger partial charge in [0, 0.05) is 31.9 Å². The predicted molar refractivity (Wildman–Crippen MR) is 109 cm³/mol. The van der Waals surface area contributed by atoms with Gasteiger partial charge in [0.05, 0.1) is 6.42 Å². The van der Waals surface area contributed by atoms with Gasteiger partial charge in [-0.1, -0.05) is 62.7 Å². The zero-order valence-corrected chi connectivity index (χ0v) is 16.5. The molecule has 1 heterocycles. The molecule has 2 aromatic carbocycles. The molecule has 1 fully saturated rings. The third-order valence-electron chi connectivity index (χ3n) is 5.17. The van der Waals surface area contributed by atoms with Crippen LogP contribution in [0.25, 0.3) is 0 Å². The van der Waals surface area contributed by atoms with Crippen LogP contribution in [0, 0.1) is 6.92 Å². The van der Waals surface area contributed by atoms with E-state index in [1.165, 1.54) is 16.8 Å². The van der Waals surface area contributed by atoms with E-state index in [1.54, 1.807) is 0 Å². The van der Waals surface area contributed by atoms with Crippen LogP contribution in [0.15, 0.2) is 48.5 Å². The fourth-order valence-corrected chi connectivity index (χ4v) is 3.49. The molecule has 1 amide bonds. The Labute approximate surface area is 157 Å². The largest absolute Gasteiger partial charge is 0.368 e. The molecular weight excluding hydrogens is 320 g/mol. The lowest BCUT2D eigenvalue weighted by Gasteiger charge is -2.36. The summed E-state index contributed by atoms with van der Waals surface area (Å²) in [4.78, 5) is 17.0. The highest BCUT2D eigenvalue weighted by Crippen LogP contribution is 2.25. The molecule has 0 aliphatic carbocycles. The van der Waals surface area contributed by atoms with E-state index in [4.69, 9.17) is 0 Å². The van der Waals surface area contributed by atoms with E-state index in [0.29, 0.717) is 6.42 Å². The lowest BCUT2D eigenvalue weighted by atomic mass is 9.87. The van der Waals surface area contributed by atoms with E-state index in [0.717, 1.165) is 31.7 Å². The van der Waals surface area contributed by atoms with Crippen LogP contribution in [0.1, 0.15) is 37.5 Å². The lowest BCUT2D eigenvalue weighted by molar-refractivity contribution is -0.130. The maximum Gasteiger partial charge on any atom is 0.227 e. The number of aryl methyl sites for hydroxylation is 1. The normalized spacial score (nSPS) is 15.2. The third-order valence-corrected chi connectivity index (χ3v) is 5.17. The van der Waals surface area contributed by atoms with Crippen molar-refractivity contribution in [3.05, 3.63) is 65.2 Å². The number of carbonyl (C=O) groups excluding carboxylic acids is 1. The van der Waals surface area contributed by atoms with E-state index in [9.17, 15) is 4.79 Å². The number of nitrogens with zero attached hydrogens (tertiary/aromatic N) is 2. The lowest BCUT2D eigenvalue weighted by Crippen LogP contribution is -2.49. The maximum absolute atomic E-state index is 12.6. The molecule has 0 aromatic heterocycles. The molecule has 0 spiro atoms. The molecule has 0 bridgehead atoms. The van der Waals surface area contributed by atoms with E-state index in [2.05, 4.69) is 69.0 Å². The van der Waals surface area contributed by atoms with Gasteiger partial charge in [-0.15, -0.1) is 0 Å². The number of piperazine rings is 1. The van der Waals surface area contributed by atoms with Crippen LogP contribution in [0.3, 0.4) is 0 Å². The fourth-order valence-electron chi connectivity index (χ4n) is 3.49. The Morgan fingerprint density at radius 1 is 0.962 bits per heavy atom. The quantitative estimate of drug-likeness (QED) is 0.829. The molecule has 0 unspecified atom stereocenters. The zero-order chi connectivity index (χ0) is 18.7. The highest BCUT2D eigenvalue weighted by atomic mass is 16.2. The Balaban J connectivity index is 1.56. The summed E-state index contributed by atoms with van der Waals surface area (Å²) in [7, 11) is 0. The minimum Gasteiger partial charge on any atom is -0.368 e. The van der Waals surface area contributed by atoms with Crippen molar-refractivity contribution in [2.45, 2.75) is 39.5 Å². The minimum atomic E-state index is 0.180. The summed E-state index contributed by atoms with van der Waals surface area (Å²) in [6, 6.07) is 17.1. The summed E-state index contributed by atoms with van der Waals surface area (Å²) >= 11 is 0. The average Bonchev–Trinajstić information content (AvgIpc) is 2.61. The summed E-state index contributed by atoms with van der Waals surface area (Å²) < 4.78 is 0. The van der Waals surface area contributed by atoms with Gasteiger partial charge in [-0.25, -0.2) is 0 Å². The van der Waals surface area contributed by atoms with Crippen LogP contribution in [0.2, 0.25) is 0 Å².